The highest BCUT2D eigenvalue weighted by Crippen LogP contribution is 2.24. The largest absolute Gasteiger partial charge is 0.474 e. The number of hydrogen-bond donors (Lipinski definition) is 0. The molecule has 1 aromatic heterocycles. The molecule has 1 aliphatic heterocycles. The van der Waals surface area contributed by atoms with E-state index in [0.29, 0.717) is 36.7 Å². The molecule has 0 amide bonds. The topological polar surface area (TPSA) is 81.6 Å². The molecule has 26 heavy (non-hydrogen) atoms. The number of aromatic nitrogens is 2. The van der Waals surface area contributed by atoms with Crippen LogP contribution < -0.4 is 9.47 Å². The molecular weight excluding hydrogens is 354 g/mol. The zero-order chi connectivity index (χ0) is 18.7. The zero-order valence-corrected chi connectivity index (χ0v) is 16.0. The van der Waals surface area contributed by atoms with E-state index in [0.717, 1.165) is 11.1 Å². The van der Waals surface area contributed by atoms with E-state index in [2.05, 4.69) is 9.97 Å². The van der Waals surface area contributed by atoms with Crippen LogP contribution >= 0.6 is 0 Å². The lowest BCUT2D eigenvalue weighted by Gasteiger charge is -2.31. The number of ether oxygens (including phenoxy) is 2. The highest BCUT2D eigenvalue weighted by molar-refractivity contribution is 7.89. The van der Waals surface area contributed by atoms with Crippen LogP contribution in [0.25, 0.3) is 0 Å². The van der Waals surface area contributed by atoms with E-state index in [4.69, 9.17) is 9.47 Å². The SMILES string of the molecule is COc1nccc(OC2CCN(S(=O)(=O)c3ccc(C)c(C)c3)CC2)n1. The summed E-state index contributed by atoms with van der Waals surface area (Å²) >= 11 is 0. The molecule has 0 radical (unpaired) electrons. The fourth-order valence-corrected chi connectivity index (χ4v) is 4.43. The number of piperidine rings is 1. The predicted octanol–water partition coefficient (Wildman–Crippen LogP) is 2.33. The number of hydrogen-bond acceptors (Lipinski definition) is 6. The molecule has 0 saturated carbocycles. The molecule has 1 aliphatic rings. The van der Waals surface area contributed by atoms with Crippen molar-refractivity contribution in [2.45, 2.75) is 37.7 Å². The molecular formula is C18H23N3O4S. The van der Waals surface area contributed by atoms with Crippen molar-refractivity contribution in [1.29, 1.82) is 0 Å². The summed E-state index contributed by atoms with van der Waals surface area (Å²) < 4.78 is 38.0. The summed E-state index contributed by atoms with van der Waals surface area (Å²) in [5, 5.41) is 0. The average Bonchev–Trinajstić information content (AvgIpc) is 2.64. The molecule has 1 fully saturated rings. The van der Waals surface area contributed by atoms with Crippen LogP contribution in [0.5, 0.6) is 11.9 Å². The molecule has 0 bridgehead atoms. The lowest BCUT2D eigenvalue weighted by molar-refractivity contribution is 0.128. The van der Waals surface area contributed by atoms with E-state index in [-0.39, 0.29) is 12.1 Å². The van der Waals surface area contributed by atoms with E-state index < -0.39 is 10.0 Å². The minimum atomic E-state index is -3.48. The molecule has 3 rings (SSSR count). The van der Waals surface area contributed by atoms with Crippen molar-refractivity contribution in [3.63, 3.8) is 0 Å². The highest BCUT2D eigenvalue weighted by atomic mass is 32.2. The van der Waals surface area contributed by atoms with Gasteiger partial charge in [-0.25, -0.2) is 13.4 Å². The number of methoxy groups -OCH3 is 1. The molecule has 0 atom stereocenters. The second-order valence-electron chi connectivity index (χ2n) is 6.35. The second kappa shape index (κ2) is 7.59. The summed E-state index contributed by atoms with van der Waals surface area (Å²) in [6.45, 7) is 4.73. The van der Waals surface area contributed by atoms with E-state index in [1.54, 1.807) is 24.4 Å². The minimum absolute atomic E-state index is 0.0826. The molecule has 140 valence electrons. The lowest BCUT2D eigenvalue weighted by Crippen LogP contribution is -2.41. The number of sulfonamides is 1. The Balaban J connectivity index is 1.64. The standard InChI is InChI=1S/C18H23N3O4S/c1-13-4-5-16(12-14(13)2)26(22,23)21-10-7-15(8-11-21)25-17-6-9-19-18(20-17)24-3/h4-6,9,12,15H,7-8,10-11H2,1-3H3. The molecule has 2 heterocycles. The fraction of sp³-hybridized carbons (Fsp3) is 0.444. The van der Waals surface area contributed by atoms with E-state index in [9.17, 15) is 8.42 Å². The van der Waals surface area contributed by atoms with E-state index >= 15 is 0 Å². The Hall–Kier alpha value is -2.19. The van der Waals surface area contributed by atoms with Gasteiger partial charge in [0, 0.05) is 25.4 Å². The number of nitrogens with zero attached hydrogens (tertiary/aromatic N) is 3. The van der Waals surface area contributed by atoms with Gasteiger partial charge in [0.15, 0.2) is 0 Å². The molecule has 1 aromatic carbocycles. The van der Waals surface area contributed by atoms with Crippen LogP contribution in [0.4, 0.5) is 0 Å². The Morgan fingerprint density at radius 3 is 2.50 bits per heavy atom. The van der Waals surface area contributed by atoms with Gasteiger partial charge in [-0.15, -0.1) is 0 Å². The summed E-state index contributed by atoms with van der Waals surface area (Å²) in [7, 11) is -1.98. The molecule has 0 aliphatic carbocycles. The van der Waals surface area contributed by atoms with Gasteiger partial charge in [0.25, 0.3) is 0 Å². The zero-order valence-electron chi connectivity index (χ0n) is 15.2. The molecule has 0 N–H and O–H groups in total. The number of aryl methyl sites for hydroxylation is 2. The van der Waals surface area contributed by atoms with Crippen LogP contribution in [-0.2, 0) is 10.0 Å². The summed E-state index contributed by atoms with van der Waals surface area (Å²) in [5.74, 6) is 0.437. The Morgan fingerprint density at radius 1 is 1.12 bits per heavy atom. The first-order valence-electron chi connectivity index (χ1n) is 8.51. The maximum absolute atomic E-state index is 12.8. The third-order valence-electron chi connectivity index (χ3n) is 4.60. The Bertz CT molecular complexity index is 878. The van der Waals surface area contributed by atoms with Crippen LogP contribution in [0, 0.1) is 13.8 Å². The molecule has 1 saturated heterocycles. The van der Waals surface area contributed by atoms with Crippen molar-refractivity contribution < 1.29 is 17.9 Å². The number of benzene rings is 1. The minimum Gasteiger partial charge on any atom is -0.474 e. The van der Waals surface area contributed by atoms with Crippen molar-refractivity contribution in [1.82, 2.24) is 14.3 Å². The van der Waals surface area contributed by atoms with Gasteiger partial charge in [-0.05, 0) is 49.9 Å². The van der Waals surface area contributed by atoms with Crippen molar-refractivity contribution in [3.8, 4) is 11.9 Å². The lowest BCUT2D eigenvalue weighted by atomic mass is 10.1. The summed E-state index contributed by atoms with van der Waals surface area (Å²) in [6, 6.07) is 7.17. The van der Waals surface area contributed by atoms with Crippen molar-refractivity contribution >= 4 is 10.0 Å². The molecule has 7 nitrogen and oxygen atoms in total. The third kappa shape index (κ3) is 3.96. The van der Waals surface area contributed by atoms with Crippen LogP contribution in [0.1, 0.15) is 24.0 Å². The smallest absolute Gasteiger partial charge is 0.319 e. The first-order valence-corrected chi connectivity index (χ1v) is 9.95. The normalized spacial score (nSPS) is 16.4. The van der Waals surface area contributed by atoms with Gasteiger partial charge < -0.3 is 9.47 Å². The van der Waals surface area contributed by atoms with Gasteiger partial charge in [-0.1, -0.05) is 6.07 Å². The van der Waals surface area contributed by atoms with Gasteiger partial charge in [0.2, 0.25) is 15.9 Å². The van der Waals surface area contributed by atoms with E-state index in [1.807, 2.05) is 19.9 Å². The summed E-state index contributed by atoms with van der Waals surface area (Å²) in [5.41, 5.74) is 2.05. The Labute approximate surface area is 154 Å². The average molecular weight is 377 g/mol. The molecule has 8 heteroatoms. The quantitative estimate of drug-likeness (QED) is 0.795. The first kappa shape index (κ1) is 18.6. The summed E-state index contributed by atoms with van der Waals surface area (Å²) in [4.78, 5) is 8.42. The van der Waals surface area contributed by atoms with Crippen molar-refractivity contribution in [3.05, 3.63) is 41.6 Å². The van der Waals surface area contributed by atoms with Gasteiger partial charge in [0.1, 0.15) is 6.10 Å². The predicted molar refractivity (Wildman–Crippen MR) is 96.9 cm³/mol. The maximum atomic E-state index is 12.8. The van der Waals surface area contributed by atoms with Crippen molar-refractivity contribution in [2.24, 2.45) is 0 Å². The Kier molecular flexibility index (Phi) is 5.43. The van der Waals surface area contributed by atoms with Crippen LogP contribution in [0.3, 0.4) is 0 Å². The molecule has 2 aromatic rings. The van der Waals surface area contributed by atoms with E-state index in [1.165, 1.54) is 11.4 Å². The first-order chi connectivity index (χ1) is 12.4. The van der Waals surface area contributed by atoms with Crippen molar-refractivity contribution in [2.75, 3.05) is 20.2 Å². The van der Waals surface area contributed by atoms with Gasteiger partial charge >= 0.3 is 6.01 Å². The van der Waals surface area contributed by atoms with Crippen LogP contribution in [0.2, 0.25) is 0 Å². The number of rotatable bonds is 5. The maximum Gasteiger partial charge on any atom is 0.319 e. The summed E-state index contributed by atoms with van der Waals surface area (Å²) in [6.07, 6.45) is 2.70. The highest BCUT2D eigenvalue weighted by Gasteiger charge is 2.30. The Morgan fingerprint density at radius 2 is 1.85 bits per heavy atom. The monoisotopic (exact) mass is 377 g/mol. The van der Waals surface area contributed by atoms with Gasteiger partial charge in [0.05, 0.1) is 12.0 Å². The molecule has 0 unspecified atom stereocenters. The van der Waals surface area contributed by atoms with Crippen LogP contribution in [0.15, 0.2) is 35.4 Å². The molecule has 0 spiro atoms. The van der Waals surface area contributed by atoms with Gasteiger partial charge in [-0.2, -0.15) is 9.29 Å². The third-order valence-corrected chi connectivity index (χ3v) is 6.49. The van der Waals surface area contributed by atoms with Crippen LogP contribution in [-0.4, -0.2) is 49.0 Å². The second-order valence-corrected chi connectivity index (χ2v) is 8.29. The fourth-order valence-electron chi connectivity index (χ4n) is 2.87. The van der Waals surface area contributed by atoms with Gasteiger partial charge in [-0.3, -0.25) is 0 Å².